The van der Waals surface area contributed by atoms with Crippen molar-refractivity contribution in [3.8, 4) is 5.75 Å². The van der Waals surface area contributed by atoms with Gasteiger partial charge in [-0.2, -0.15) is 4.99 Å². The molecule has 1 aliphatic heterocycles. The first-order valence-corrected chi connectivity index (χ1v) is 4.64. The minimum Gasteiger partial charge on any atom is -0.493 e. The van der Waals surface area contributed by atoms with Gasteiger partial charge in [0.15, 0.2) is 0 Å². The predicted molar refractivity (Wildman–Crippen MR) is 52.2 cm³/mol. The summed E-state index contributed by atoms with van der Waals surface area (Å²) >= 11 is 0. The predicted octanol–water partition coefficient (Wildman–Crippen LogP) is 2.02. The van der Waals surface area contributed by atoms with E-state index in [1.165, 1.54) is 5.56 Å². The topological polar surface area (TPSA) is 38.7 Å². The zero-order chi connectivity index (χ0) is 9.97. The second kappa shape index (κ2) is 3.64. The average molecular weight is 189 g/mol. The molecule has 0 aromatic heterocycles. The number of nitrogens with zero attached hydrogens (tertiary/aromatic N) is 1. The molecule has 0 fully saturated rings. The zero-order valence-electron chi connectivity index (χ0n) is 7.99. The van der Waals surface area contributed by atoms with Crippen molar-refractivity contribution >= 4 is 6.08 Å². The van der Waals surface area contributed by atoms with Crippen LogP contribution in [0.25, 0.3) is 0 Å². The van der Waals surface area contributed by atoms with Gasteiger partial charge in [0.05, 0.1) is 12.6 Å². The highest BCUT2D eigenvalue weighted by atomic mass is 16.5. The Morgan fingerprint density at radius 2 is 2.43 bits per heavy atom. The molecule has 0 radical (unpaired) electrons. The molecule has 0 saturated heterocycles. The van der Waals surface area contributed by atoms with Gasteiger partial charge in [0.25, 0.3) is 0 Å². The Bertz CT molecular complexity index is 394. The van der Waals surface area contributed by atoms with Crippen molar-refractivity contribution in [2.24, 2.45) is 4.99 Å². The van der Waals surface area contributed by atoms with Crippen LogP contribution in [0.4, 0.5) is 0 Å². The number of aliphatic imine (C=N–C) groups is 1. The van der Waals surface area contributed by atoms with E-state index in [0.717, 1.165) is 24.3 Å². The Kier molecular flexibility index (Phi) is 2.33. The van der Waals surface area contributed by atoms with E-state index in [1.54, 1.807) is 6.08 Å². The summed E-state index contributed by atoms with van der Waals surface area (Å²) in [7, 11) is 0. The molecule has 0 bridgehead atoms. The molecule has 1 aromatic rings. The summed E-state index contributed by atoms with van der Waals surface area (Å²) in [6.07, 6.45) is 2.52. The van der Waals surface area contributed by atoms with Crippen LogP contribution in [0.1, 0.15) is 24.1 Å². The lowest BCUT2D eigenvalue weighted by atomic mass is 10.0. The van der Waals surface area contributed by atoms with E-state index in [2.05, 4.69) is 4.99 Å². The van der Waals surface area contributed by atoms with Crippen LogP contribution in [0.3, 0.4) is 0 Å². The van der Waals surface area contributed by atoms with Crippen molar-refractivity contribution in [3.05, 3.63) is 29.3 Å². The maximum absolute atomic E-state index is 10.1. The lowest BCUT2D eigenvalue weighted by Gasteiger charge is -2.06. The van der Waals surface area contributed by atoms with Gasteiger partial charge < -0.3 is 4.74 Å². The molecule has 1 aromatic carbocycles. The third kappa shape index (κ3) is 1.54. The van der Waals surface area contributed by atoms with Gasteiger partial charge in [-0.3, -0.25) is 0 Å². The monoisotopic (exact) mass is 189 g/mol. The summed E-state index contributed by atoms with van der Waals surface area (Å²) < 4.78 is 5.39. The fourth-order valence-electron chi connectivity index (χ4n) is 1.62. The van der Waals surface area contributed by atoms with Crippen LogP contribution in [0, 0.1) is 0 Å². The van der Waals surface area contributed by atoms with Crippen LogP contribution in [0.2, 0.25) is 0 Å². The van der Waals surface area contributed by atoms with E-state index < -0.39 is 0 Å². The van der Waals surface area contributed by atoms with Crippen molar-refractivity contribution in [1.29, 1.82) is 0 Å². The number of hydrogen-bond donors (Lipinski definition) is 0. The molecular weight excluding hydrogens is 178 g/mol. The number of ether oxygens (including phenoxy) is 1. The first kappa shape index (κ1) is 8.97. The van der Waals surface area contributed by atoms with Gasteiger partial charge in [-0.05, 0) is 30.2 Å². The highest BCUT2D eigenvalue weighted by molar-refractivity contribution is 5.42. The molecule has 0 saturated carbocycles. The van der Waals surface area contributed by atoms with Gasteiger partial charge in [0.1, 0.15) is 5.75 Å². The third-order valence-corrected chi connectivity index (χ3v) is 2.44. The average Bonchev–Trinajstić information content (AvgIpc) is 2.64. The molecular formula is C11H11NO2. The second-order valence-electron chi connectivity index (χ2n) is 3.36. The maximum Gasteiger partial charge on any atom is 0.235 e. The van der Waals surface area contributed by atoms with E-state index in [4.69, 9.17) is 4.74 Å². The quantitative estimate of drug-likeness (QED) is 0.527. The maximum atomic E-state index is 10.1. The Labute approximate surface area is 82.4 Å². The first-order chi connectivity index (χ1) is 6.81. The molecule has 3 nitrogen and oxygen atoms in total. The molecule has 1 unspecified atom stereocenters. The minimum absolute atomic E-state index is 0.113. The zero-order valence-corrected chi connectivity index (χ0v) is 7.99. The molecule has 1 atom stereocenters. The van der Waals surface area contributed by atoms with Gasteiger partial charge in [-0.15, -0.1) is 0 Å². The van der Waals surface area contributed by atoms with Crippen LogP contribution >= 0.6 is 0 Å². The van der Waals surface area contributed by atoms with Gasteiger partial charge in [0.2, 0.25) is 6.08 Å². The van der Waals surface area contributed by atoms with Crippen LogP contribution < -0.4 is 4.74 Å². The van der Waals surface area contributed by atoms with E-state index in [1.807, 2.05) is 25.1 Å². The Hall–Kier alpha value is -1.60. The van der Waals surface area contributed by atoms with E-state index in [-0.39, 0.29) is 6.04 Å². The summed E-state index contributed by atoms with van der Waals surface area (Å²) in [5, 5.41) is 0. The third-order valence-electron chi connectivity index (χ3n) is 2.44. The number of benzene rings is 1. The second-order valence-corrected chi connectivity index (χ2v) is 3.36. The highest BCUT2D eigenvalue weighted by Gasteiger charge is 2.13. The molecule has 1 aliphatic rings. The van der Waals surface area contributed by atoms with Crippen LogP contribution in [-0.4, -0.2) is 12.7 Å². The minimum atomic E-state index is -0.113. The fourth-order valence-corrected chi connectivity index (χ4v) is 1.62. The summed E-state index contributed by atoms with van der Waals surface area (Å²) in [6.45, 7) is 2.63. The van der Waals surface area contributed by atoms with Crippen LogP contribution in [0.5, 0.6) is 5.75 Å². The Morgan fingerprint density at radius 3 is 3.21 bits per heavy atom. The normalized spacial score (nSPS) is 15.2. The molecule has 14 heavy (non-hydrogen) atoms. The van der Waals surface area contributed by atoms with Crippen molar-refractivity contribution < 1.29 is 9.53 Å². The Morgan fingerprint density at radius 1 is 1.57 bits per heavy atom. The van der Waals surface area contributed by atoms with Crippen LogP contribution in [-0.2, 0) is 11.2 Å². The molecule has 2 rings (SSSR count). The summed E-state index contributed by atoms with van der Waals surface area (Å²) in [6, 6.07) is 5.82. The standard InChI is InChI=1S/C11H11NO2/c1-8(12-7-13)9-2-3-11-10(6-9)4-5-14-11/h2-3,6,8H,4-5H2,1H3. The van der Waals surface area contributed by atoms with Crippen LogP contribution in [0.15, 0.2) is 23.2 Å². The molecule has 3 heteroatoms. The lowest BCUT2D eigenvalue weighted by Crippen LogP contribution is -1.90. The number of hydrogen-bond acceptors (Lipinski definition) is 3. The fraction of sp³-hybridized carbons (Fsp3) is 0.364. The summed E-state index contributed by atoms with van der Waals surface area (Å²) in [4.78, 5) is 13.8. The number of rotatable bonds is 2. The largest absolute Gasteiger partial charge is 0.493 e. The molecule has 1 heterocycles. The lowest BCUT2D eigenvalue weighted by molar-refractivity contribution is 0.357. The SMILES string of the molecule is CC(N=C=O)c1ccc2c(c1)CCO2. The number of fused-ring (bicyclic) bond motifs is 1. The van der Waals surface area contributed by atoms with Crippen molar-refractivity contribution in [3.63, 3.8) is 0 Å². The van der Waals surface area contributed by atoms with Gasteiger partial charge in [-0.25, -0.2) is 4.79 Å². The summed E-state index contributed by atoms with van der Waals surface area (Å²) in [5.74, 6) is 0.955. The Balaban J connectivity index is 2.32. The van der Waals surface area contributed by atoms with Gasteiger partial charge in [0, 0.05) is 6.42 Å². The van der Waals surface area contributed by atoms with Gasteiger partial charge in [-0.1, -0.05) is 6.07 Å². The smallest absolute Gasteiger partial charge is 0.235 e. The highest BCUT2D eigenvalue weighted by Crippen LogP contribution is 2.28. The van der Waals surface area contributed by atoms with Crippen molar-refractivity contribution in [2.75, 3.05) is 6.61 Å². The molecule has 0 amide bonds. The summed E-state index contributed by atoms with van der Waals surface area (Å²) in [5.41, 5.74) is 2.24. The molecule has 0 spiro atoms. The van der Waals surface area contributed by atoms with E-state index in [9.17, 15) is 4.79 Å². The first-order valence-electron chi connectivity index (χ1n) is 4.64. The number of isocyanates is 1. The molecule has 0 aliphatic carbocycles. The van der Waals surface area contributed by atoms with E-state index >= 15 is 0 Å². The van der Waals surface area contributed by atoms with Crippen molar-refractivity contribution in [1.82, 2.24) is 0 Å². The van der Waals surface area contributed by atoms with Gasteiger partial charge >= 0.3 is 0 Å². The number of carbonyl (C=O) groups excluding carboxylic acids is 1. The van der Waals surface area contributed by atoms with E-state index in [0.29, 0.717) is 0 Å². The molecule has 72 valence electrons. The molecule has 0 N–H and O–H groups in total. The van der Waals surface area contributed by atoms with Crippen molar-refractivity contribution in [2.45, 2.75) is 19.4 Å².